The molecule has 5 aliphatic rings. The van der Waals surface area contributed by atoms with Crippen molar-refractivity contribution in [1.29, 1.82) is 0 Å². The summed E-state index contributed by atoms with van der Waals surface area (Å²) in [6, 6.07) is 0. The fourth-order valence-electron chi connectivity index (χ4n) is 4.12. The molecule has 0 aromatic heterocycles. The van der Waals surface area contributed by atoms with Gasteiger partial charge in [-0.25, -0.2) is 9.59 Å². The molecule has 5 heterocycles. The molecule has 3 fully saturated rings. The molecule has 5 aliphatic heterocycles. The van der Waals surface area contributed by atoms with Crippen LogP contribution in [0, 0.1) is 0 Å². The fraction of sp³-hybridized carbons (Fsp3) is 0.778. The van der Waals surface area contributed by atoms with E-state index in [9.17, 15) is 19.8 Å². The maximum absolute atomic E-state index is 12.4. The van der Waals surface area contributed by atoms with Crippen molar-refractivity contribution in [3.05, 3.63) is 11.5 Å². The van der Waals surface area contributed by atoms with Gasteiger partial charge >= 0.3 is 23.5 Å². The van der Waals surface area contributed by atoms with Crippen LogP contribution in [-0.2, 0) is 47.5 Å². The highest BCUT2D eigenvalue weighted by Gasteiger charge is 2.79. The molecule has 166 valence electrons. The highest BCUT2D eigenvalue weighted by molar-refractivity contribution is 5.92. The van der Waals surface area contributed by atoms with Gasteiger partial charge in [0.2, 0.25) is 6.10 Å². The molecule has 30 heavy (non-hydrogen) atoms. The third-order valence-electron chi connectivity index (χ3n) is 5.53. The van der Waals surface area contributed by atoms with Gasteiger partial charge in [-0.1, -0.05) is 0 Å². The van der Waals surface area contributed by atoms with Gasteiger partial charge in [0.25, 0.3) is 5.76 Å². The molecule has 6 atom stereocenters. The molecule has 0 aromatic rings. The second kappa shape index (κ2) is 5.84. The molecule has 3 saturated heterocycles. The second-order valence-electron chi connectivity index (χ2n) is 8.62. The minimum absolute atomic E-state index is 0.0504. The van der Waals surface area contributed by atoms with Crippen molar-refractivity contribution in [3.63, 3.8) is 0 Å². The summed E-state index contributed by atoms with van der Waals surface area (Å²) in [5.41, 5.74) is 0. The molecule has 12 heteroatoms. The van der Waals surface area contributed by atoms with Crippen molar-refractivity contribution in [2.45, 2.75) is 75.3 Å². The lowest BCUT2D eigenvalue weighted by molar-refractivity contribution is -0.364. The van der Waals surface area contributed by atoms with Crippen LogP contribution in [0.3, 0.4) is 0 Å². The van der Waals surface area contributed by atoms with Crippen LogP contribution in [0.4, 0.5) is 0 Å². The van der Waals surface area contributed by atoms with E-state index in [2.05, 4.69) is 0 Å². The summed E-state index contributed by atoms with van der Waals surface area (Å²) in [6.07, 6.45) is -4.39. The standard InChI is InChI=1S/C18H22O12/c1-15(2)23-5-7(27-15)9-10-11(13(19)25-9)30-18(22)14(20)26-12(17(18,21)29-10)8-6-24-16(3,4)28-8/h7-9,12,21-22H,5-6H2,1-4H3/t7-,8-,9+,12-,17?,18?/m0/s1. The first-order chi connectivity index (χ1) is 13.9. The van der Waals surface area contributed by atoms with E-state index in [1.807, 2.05) is 0 Å². The van der Waals surface area contributed by atoms with E-state index in [0.29, 0.717) is 0 Å². The maximum Gasteiger partial charge on any atom is 0.387 e. The zero-order valence-corrected chi connectivity index (χ0v) is 16.7. The lowest BCUT2D eigenvalue weighted by Gasteiger charge is -2.40. The summed E-state index contributed by atoms with van der Waals surface area (Å²) in [5, 5.41) is 22.1. The number of cyclic esters (lactones) is 2. The Morgan fingerprint density at radius 3 is 2.03 bits per heavy atom. The van der Waals surface area contributed by atoms with Crippen LogP contribution in [0.25, 0.3) is 0 Å². The molecule has 12 nitrogen and oxygen atoms in total. The van der Waals surface area contributed by atoms with Gasteiger partial charge in [-0.05, 0) is 27.7 Å². The second-order valence-corrected chi connectivity index (χ2v) is 8.62. The number of ether oxygens (including phenoxy) is 8. The molecule has 0 amide bonds. The van der Waals surface area contributed by atoms with Crippen LogP contribution >= 0.6 is 0 Å². The van der Waals surface area contributed by atoms with E-state index in [0.717, 1.165) is 0 Å². The summed E-state index contributed by atoms with van der Waals surface area (Å²) in [6.45, 7) is 6.66. The van der Waals surface area contributed by atoms with Gasteiger partial charge in [0.1, 0.15) is 12.2 Å². The number of hydrogen-bond donors (Lipinski definition) is 2. The van der Waals surface area contributed by atoms with Crippen LogP contribution in [0.15, 0.2) is 11.5 Å². The van der Waals surface area contributed by atoms with E-state index < -0.39 is 65.3 Å². The molecule has 5 rings (SSSR count). The first-order valence-corrected chi connectivity index (χ1v) is 9.48. The largest absolute Gasteiger partial charge is 0.448 e. The van der Waals surface area contributed by atoms with E-state index in [1.165, 1.54) is 0 Å². The van der Waals surface area contributed by atoms with Crippen LogP contribution in [0.2, 0.25) is 0 Å². The molecule has 0 bridgehead atoms. The number of aliphatic hydroxyl groups is 2. The summed E-state index contributed by atoms with van der Waals surface area (Å²) in [7, 11) is 0. The quantitative estimate of drug-likeness (QED) is 0.506. The molecular weight excluding hydrogens is 408 g/mol. The summed E-state index contributed by atoms with van der Waals surface area (Å²) < 4.78 is 43.7. The Labute approximate surface area is 170 Å². The minimum atomic E-state index is -3.01. The normalized spacial score (nSPS) is 46.1. The van der Waals surface area contributed by atoms with Gasteiger partial charge in [0, 0.05) is 0 Å². The third-order valence-corrected chi connectivity index (χ3v) is 5.53. The van der Waals surface area contributed by atoms with E-state index in [4.69, 9.17) is 37.9 Å². The van der Waals surface area contributed by atoms with Gasteiger partial charge in [0.05, 0.1) is 13.2 Å². The van der Waals surface area contributed by atoms with Crippen molar-refractivity contribution in [2.75, 3.05) is 13.2 Å². The summed E-state index contributed by atoms with van der Waals surface area (Å²) in [4.78, 5) is 24.8. The Balaban J connectivity index is 1.49. The molecule has 0 spiro atoms. The van der Waals surface area contributed by atoms with E-state index >= 15 is 0 Å². The number of carbonyl (C=O) groups is 2. The van der Waals surface area contributed by atoms with Crippen molar-refractivity contribution < 1.29 is 57.7 Å². The Bertz CT molecular complexity index is 848. The highest BCUT2D eigenvalue weighted by Crippen LogP contribution is 2.51. The van der Waals surface area contributed by atoms with Gasteiger partial charge in [-0.15, -0.1) is 0 Å². The van der Waals surface area contributed by atoms with Crippen molar-refractivity contribution >= 4 is 11.9 Å². The minimum Gasteiger partial charge on any atom is -0.448 e. The first kappa shape index (κ1) is 20.0. The van der Waals surface area contributed by atoms with E-state index in [-0.39, 0.29) is 19.0 Å². The third kappa shape index (κ3) is 2.61. The SMILES string of the molecule is CC1(C)OC[C@@H]([C@H]2OC(=O)C3=C2OC2(O)[C@H]([C@@H]4COC(C)(C)O4)OC(=O)C2(O)O3)O1. The lowest BCUT2D eigenvalue weighted by atomic mass is 9.97. The number of rotatable bonds is 2. The maximum atomic E-state index is 12.4. The van der Waals surface area contributed by atoms with Crippen molar-refractivity contribution in [3.8, 4) is 0 Å². The van der Waals surface area contributed by atoms with Gasteiger partial charge in [-0.3, -0.25) is 0 Å². The smallest absolute Gasteiger partial charge is 0.387 e. The first-order valence-electron chi connectivity index (χ1n) is 9.48. The van der Waals surface area contributed by atoms with Crippen LogP contribution in [0.1, 0.15) is 27.7 Å². The monoisotopic (exact) mass is 430 g/mol. The molecule has 0 aliphatic carbocycles. The summed E-state index contributed by atoms with van der Waals surface area (Å²) >= 11 is 0. The Morgan fingerprint density at radius 2 is 1.47 bits per heavy atom. The van der Waals surface area contributed by atoms with Crippen LogP contribution < -0.4 is 0 Å². The predicted octanol–water partition coefficient (Wildman–Crippen LogP) is -1.22. The molecule has 2 N–H and O–H groups in total. The fourth-order valence-corrected chi connectivity index (χ4v) is 4.12. The predicted molar refractivity (Wildman–Crippen MR) is 88.7 cm³/mol. The highest BCUT2D eigenvalue weighted by atomic mass is 16.8. The number of carbonyl (C=O) groups excluding carboxylic acids is 2. The average molecular weight is 430 g/mol. The Hall–Kier alpha value is -1.96. The molecule has 0 radical (unpaired) electrons. The van der Waals surface area contributed by atoms with Crippen LogP contribution in [0.5, 0.6) is 0 Å². The van der Waals surface area contributed by atoms with Gasteiger partial charge in [0.15, 0.2) is 23.4 Å². The zero-order chi connectivity index (χ0) is 21.7. The number of hydrogen-bond acceptors (Lipinski definition) is 12. The zero-order valence-electron chi connectivity index (χ0n) is 16.7. The lowest BCUT2D eigenvalue weighted by Crippen LogP contribution is -2.65. The molecule has 2 unspecified atom stereocenters. The van der Waals surface area contributed by atoms with Crippen LogP contribution in [-0.4, -0.2) is 82.9 Å². The van der Waals surface area contributed by atoms with Crippen molar-refractivity contribution in [1.82, 2.24) is 0 Å². The Morgan fingerprint density at radius 1 is 0.867 bits per heavy atom. The number of esters is 2. The molecule has 0 saturated carbocycles. The number of fused-ring (bicyclic) bond motifs is 1. The summed E-state index contributed by atoms with van der Waals surface area (Å²) in [5.74, 6) is -10.8. The van der Waals surface area contributed by atoms with Crippen molar-refractivity contribution in [2.24, 2.45) is 0 Å². The molecule has 0 aromatic carbocycles. The topological polar surface area (TPSA) is 148 Å². The van der Waals surface area contributed by atoms with Gasteiger partial charge in [-0.2, -0.15) is 0 Å². The van der Waals surface area contributed by atoms with Gasteiger partial charge < -0.3 is 48.1 Å². The average Bonchev–Trinajstić information content (AvgIpc) is 3.32. The Kier molecular flexibility index (Phi) is 3.89. The van der Waals surface area contributed by atoms with E-state index in [1.54, 1.807) is 27.7 Å². The molecular formula is C18H22O12.